The smallest absolute Gasteiger partial charge is 0.289 e. The van der Waals surface area contributed by atoms with Gasteiger partial charge in [-0.2, -0.15) is 0 Å². The summed E-state index contributed by atoms with van der Waals surface area (Å²) in [6.45, 7) is 4.28. The average Bonchev–Trinajstić information content (AvgIpc) is 3.38. The standard InChI is InChI=1S/C25H25ClN4O4S/c1-16-5-3-6-18(22(16)33-2)23(31)28-25(35)27-17-8-9-20(19(26)15-17)29-10-12-30(13-11-29)24(32)21-7-4-14-34-21/h3-9,14-15H,10-13H2,1-2H3,(H2,27,28,31,35). The number of rotatable bonds is 5. The van der Waals surface area contributed by atoms with E-state index >= 15 is 0 Å². The number of carbonyl (C=O) groups excluding carboxylic acids is 2. The second kappa shape index (κ2) is 10.8. The van der Waals surface area contributed by atoms with Crippen molar-refractivity contribution in [1.82, 2.24) is 10.2 Å². The Labute approximate surface area is 213 Å². The fourth-order valence-corrected chi connectivity index (χ4v) is 4.49. The molecule has 1 fully saturated rings. The van der Waals surface area contributed by atoms with Crippen molar-refractivity contribution in [1.29, 1.82) is 0 Å². The monoisotopic (exact) mass is 512 g/mol. The molecule has 0 spiro atoms. The summed E-state index contributed by atoms with van der Waals surface area (Å²) in [4.78, 5) is 29.0. The number of piperazine rings is 1. The van der Waals surface area contributed by atoms with Crippen LogP contribution in [-0.4, -0.2) is 55.1 Å². The number of hydrogen-bond acceptors (Lipinski definition) is 6. The molecule has 1 aliphatic rings. The highest BCUT2D eigenvalue weighted by Gasteiger charge is 2.25. The molecular weight excluding hydrogens is 488 g/mol. The molecule has 1 aromatic heterocycles. The van der Waals surface area contributed by atoms with E-state index in [1.807, 2.05) is 25.1 Å². The third-order valence-electron chi connectivity index (χ3n) is 5.73. The molecule has 0 bridgehead atoms. The molecule has 182 valence electrons. The van der Waals surface area contributed by atoms with Gasteiger partial charge in [-0.1, -0.05) is 23.7 Å². The molecule has 2 heterocycles. The number of hydrogen-bond donors (Lipinski definition) is 2. The van der Waals surface area contributed by atoms with Gasteiger partial charge in [-0.3, -0.25) is 14.9 Å². The lowest BCUT2D eigenvalue weighted by Crippen LogP contribution is -2.48. The van der Waals surface area contributed by atoms with E-state index in [4.69, 9.17) is 33.0 Å². The van der Waals surface area contributed by atoms with Gasteiger partial charge in [-0.25, -0.2) is 0 Å². The number of thiocarbonyl (C=S) groups is 1. The number of nitrogens with zero attached hydrogens (tertiary/aromatic N) is 2. The van der Waals surface area contributed by atoms with Crippen LogP contribution in [0.1, 0.15) is 26.5 Å². The highest BCUT2D eigenvalue weighted by molar-refractivity contribution is 7.80. The van der Waals surface area contributed by atoms with Crippen molar-refractivity contribution in [2.45, 2.75) is 6.92 Å². The van der Waals surface area contributed by atoms with Crippen LogP contribution >= 0.6 is 23.8 Å². The number of carbonyl (C=O) groups is 2. The van der Waals surface area contributed by atoms with E-state index in [0.29, 0.717) is 54.0 Å². The largest absolute Gasteiger partial charge is 0.496 e. The SMILES string of the molecule is COc1c(C)cccc1C(=O)NC(=S)Nc1ccc(N2CCN(C(=O)c3ccco3)CC2)c(Cl)c1. The summed E-state index contributed by atoms with van der Waals surface area (Å²) < 4.78 is 10.6. The van der Waals surface area contributed by atoms with Crippen molar-refractivity contribution in [3.63, 3.8) is 0 Å². The Balaban J connectivity index is 1.35. The molecule has 35 heavy (non-hydrogen) atoms. The molecule has 4 rings (SSSR count). The third kappa shape index (κ3) is 5.58. The van der Waals surface area contributed by atoms with Crippen molar-refractivity contribution in [3.05, 3.63) is 76.7 Å². The quantitative estimate of drug-likeness (QED) is 0.492. The fraction of sp³-hybridized carbons (Fsp3) is 0.240. The minimum Gasteiger partial charge on any atom is -0.496 e. The van der Waals surface area contributed by atoms with Crippen LogP contribution in [0.2, 0.25) is 5.02 Å². The highest BCUT2D eigenvalue weighted by atomic mass is 35.5. The van der Waals surface area contributed by atoms with Crippen LogP contribution in [0.4, 0.5) is 11.4 Å². The Hall–Kier alpha value is -3.56. The molecule has 0 saturated carbocycles. The van der Waals surface area contributed by atoms with Crippen LogP contribution < -0.4 is 20.3 Å². The maximum Gasteiger partial charge on any atom is 0.289 e. The molecule has 8 nitrogen and oxygen atoms in total. The molecule has 1 saturated heterocycles. The maximum atomic E-state index is 12.7. The molecule has 2 N–H and O–H groups in total. The number of methoxy groups -OCH3 is 1. The maximum absolute atomic E-state index is 12.7. The summed E-state index contributed by atoms with van der Waals surface area (Å²) in [5.74, 6) is 0.369. The number of para-hydroxylation sites is 1. The minimum absolute atomic E-state index is 0.112. The van der Waals surface area contributed by atoms with Gasteiger partial charge in [0.05, 0.1) is 29.6 Å². The minimum atomic E-state index is -0.368. The first-order valence-electron chi connectivity index (χ1n) is 11.0. The van der Waals surface area contributed by atoms with Crippen molar-refractivity contribution in [2.24, 2.45) is 0 Å². The summed E-state index contributed by atoms with van der Waals surface area (Å²) in [5.41, 5.74) is 2.76. The van der Waals surface area contributed by atoms with Crippen LogP contribution in [0.5, 0.6) is 5.75 Å². The van der Waals surface area contributed by atoms with Gasteiger partial charge in [-0.15, -0.1) is 0 Å². The van der Waals surface area contributed by atoms with Crippen LogP contribution in [0.3, 0.4) is 0 Å². The molecule has 3 aromatic rings. The molecule has 0 atom stereocenters. The number of ether oxygens (including phenoxy) is 1. The molecule has 2 aromatic carbocycles. The zero-order chi connectivity index (χ0) is 24.9. The number of halogens is 1. The Morgan fingerprint density at radius 3 is 2.51 bits per heavy atom. The Morgan fingerprint density at radius 2 is 1.86 bits per heavy atom. The first-order valence-corrected chi connectivity index (χ1v) is 11.8. The molecule has 0 unspecified atom stereocenters. The summed E-state index contributed by atoms with van der Waals surface area (Å²) in [5, 5.41) is 6.35. The highest BCUT2D eigenvalue weighted by Crippen LogP contribution is 2.30. The van der Waals surface area contributed by atoms with E-state index in [1.54, 1.807) is 35.2 Å². The molecule has 2 amide bonds. The Bertz CT molecular complexity index is 1240. The van der Waals surface area contributed by atoms with Gasteiger partial charge in [0.1, 0.15) is 5.75 Å². The van der Waals surface area contributed by atoms with Gasteiger partial charge in [-0.05, 0) is 61.1 Å². The summed E-state index contributed by atoms with van der Waals surface area (Å²) in [6.07, 6.45) is 1.50. The van der Waals surface area contributed by atoms with Gasteiger partial charge >= 0.3 is 0 Å². The number of aryl methyl sites for hydroxylation is 1. The molecule has 0 aliphatic carbocycles. The van der Waals surface area contributed by atoms with Gasteiger partial charge in [0.25, 0.3) is 11.8 Å². The molecule has 0 radical (unpaired) electrons. The number of anilines is 2. The van der Waals surface area contributed by atoms with Crippen LogP contribution in [0, 0.1) is 6.92 Å². The Morgan fingerprint density at radius 1 is 1.09 bits per heavy atom. The van der Waals surface area contributed by atoms with Gasteiger partial charge < -0.3 is 24.3 Å². The predicted octanol–water partition coefficient (Wildman–Crippen LogP) is 4.34. The first kappa shape index (κ1) is 24.6. The lowest BCUT2D eigenvalue weighted by Gasteiger charge is -2.36. The number of furan rings is 1. The number of benzene rings is 2. The lowest BCUT2D eigenvalue weighted by atomic mass is 10.1. The molecular formula is C25H25ClN4O4S. The predicted molar refractivity (Wildman–Crippen MR) is 140 cm³/mol. The van der Waals surface area contributed by atoms with E-state index in [0.717, 1.165) is 11.3 Å². The fourth-order valence-electron chi connectivity index (χ4n) is 3.98. The van der Waals surface area contributed by atoms with E-state index in [9.17, 15) is 9.59 Å². The molecule has 1 aliphatic heterocycles. The van der Waals surface area contributed by atoms with E-state index in [1.165, 1.54) is 13.4 Å². The van der Waals surface area contributed by atoms with Crippen LogP contribution in [0.25, 0.3) is 0 Å². The summed E-state index contributed by atoms with van der Waals surface area (Å²) in [7, 11) is 1.52. The van der Waals surface area contributed by atoms with Crippen LogP contribution in [-0.2, 0) is 0 Å². The van der Waals surface area contributed by atoms with Crippen molar-refractivity contribution >= 4 is 52.1 Å². The lowest BCUT2D eigenvalue weighted by molar-refractivity contribution is 0.0714. The number of nitrogens with one attached hydrogen (secondary N) is 2. The van der Waals surface area contributed by atoms with Gasteiger partial charge in [0, 0.05) is 31.9 Å². The first-order chi connectivity index (χ1) is 16.9. The zero-order valence-electron chi connectivity index (χ0n) is 19.3. The molecule has 10 heteroatoms. The van der Waals surface area contributed by atoms with E-state index < -0.39 is 0 Å². The third-order valence-corrected chi connectivity index (χ3v) is 6.24. The van der Waals surface area contributed by atoms with Crippen molar-refractivity contribution < 1.29 is 18.7 Å². The van der Waals surface area contributed by atoms with E-state index in [-0.39, 0.29) is 16.9 Å². The number of amides is 2. The zero-order valence-corrected chi connectivity index (χ0v) is 20.9. The van der Waals surface area contributed by atoms with E-state index in [2.05, 4.69) is 15.5 Å². The van der Waals surface area contributed by atoms with Crippen molar-refractivity contribution in [2.75, 3.05) is 43.5 Å². The van der Waals surface area contributed by atoms with Crippen molar-refractivity contribution in [3.8, 4) is 5.75 Å². The normalized spacial score (nSPS) is 13.3. The van der Waals surface area contributed by atoms with Gasteiger partial charge in [0.2, 0.25) is 0 Å². The second-order valence-corrected chi connectivity index (χ2v) is 8.80. The Kier molecular flexibility index (Phi) is 7.57. The summed E-state index contributed by atoms with van der Waals surface area (Å²) >= 11 is 11.9. The average molecular weight is 513 g/mol. The topological polar surface area (TPSA) is 87.0 Å². The van der Waals surface area contributed by atoms with Gasteiger partial charge in [0.15, 0.2) is 10.9 Å². The summed E-state index contributed by atoms with van der Waals surface area (Å²) in [6, 6.07) is 14.2. The second-order valence-electron chi connectivity index (χ2n) is 7.99. The van der Waals surface area contributed by atoms with Crippen LogP contribution in [0.15, 0.2) is 59.2 Å².